The fourth-order valence-electron chi connectivity index (χ4n) is 3.31. The molecule has 0 aliphatic heterocycles. The maximum atomic E-state index is 12.3. The molecule has 35 heavy (non-hydrogen) atoms. The van der Waals surface area contributed by atoms with E-state index < -0.39 is 6.10 Å². The summed E-state index contributed by atoms with van der Waals surface area (Å²) in [6.45, 7) is 1.78. The SMILES string of the molecule is COc1ccc(CCC(=O)Nc2ccc(-c3noc([C@H](C)Oc4ccc(Cl)cc4Cl)n3)cc2)cc1. The van der Waals surface area contributed by atoms with Crippen LogP contribution in [0, 0.1) is 0 Å². The van der Waals surface area contributed by atoms with Crippen molar-refractivity contribution in [2.45, 2.75) is 25.9 Å². The molecule has 4 aromatic rings. The van der Waals surface area contributed by atoms with Gasteiger partial charge in [0, 0.05) is 22.7 Å². The monoisotopic (exact) mass is 511 g/mol. The maximum absolute atomic E-state index is 12.3. The van der Waals surface area contributed by atoms with Crippen LogP contribution < -0.4 is 14.8 Å². The van der Waals surface area contributed by atoms with Crippen molar-refractivity contribution in [1.29, 1.82) is 0 Å². The van der Waals surface area contributed by atoms with Crippen LogP contribution in [0.2, 0.25) is 10.0 Å². The number of methoxy groups -OCH3 is 1. The van der Waals surface area contributed by atoms with Crippen LogP contribution in [-0.2, 0) is 11.2 Å². The first kappa shape index (κ1) is 24.6. The third kappa shape index (κ3) is 6.53. The number of nitrogens with one attached hydrogen (secondary N) is 1. The van der Waals surface area contributed by atoms with Crippen LogP contribution in [0.4, 0.5) is 5.69 Å². The molecule has 7 nitrogen and oxygen atoms in total. The van der Waals surface area contributed by atoms with Crippen LogP contribution >= 0.6 is 23.2 Å². The maximum Gasteiger partial charge on any atom is 0.267 e. The Morgan fingerprint density at radius 1 is 1.06 bits per heavy atom. The van der Waals surface area contributed by atoms with Gasteiger partial charge in [-0.2, -0.15) is 4.98 Å². The largest absolute Gasteiger partial charge is 0.497 e. The number of ether oxygens (including phenoxy) is 2. The Morgan fingerprint density at radius 2 is 1.80 bits per heavy atom. The van der Waals surface area contributed by atoms with Crippen molar-refractivity contribution in [2.75, 3.05) is 12.4 Å². The number of carbonyl (C=O) groups excluding carboxylic acids is 1. The van der Waals surface area contributed by atoms with Crippen molar-refractivity contribution < 1.29 is 18.8 Å². The van der Waals surface area contributed by atoms with Gasteiger partial charge in [0.2, 0.25) is 11.7 Å². The zero-order valence-corrected chi connectivity index (χ0v) is 20.6. The van der Waals surface area contributed by atoms with Crippen molar-refractivity contribution in [3.63, 3.8) is 0 Å². The molecule has 0 bridgehead atoms. The Balaban J connectivity index is 1.32. The van der Waals surface area contributed by atoms with E-state index in [-0.39, 0.29) is 5.91 Å². The van der Waals surface area contributed by atoms with E-state index in [4.69, 9.17) is 37.2 Å². The number of aromatic nitrogens is 2. The molecule has 1 heterocycles. The summed E-state index contributed by atoms with van der Waals surface area (Å²) in [5.41, 5.74) is 2.50. The van der Waals surface area contributed by atoms with Gasteiger partial charge in [-0.25, -0.2) is 0 Å². The normalized spacial score (nSPS) is 11.7. The topological polar surface area (TPSA) is 86.5 Å². The highest BCUT2D eigenvalue weighted by molar-refractivity contribution is 6.35. The van der Waals surface area contributed by atoms with Crippen molar-refractivity contribution >= 4 is 34.8 Å². The quantitative estimate of drug-likeness (QED) is 0.267. The van der Waals surface area contributed by atoms with Gasteiger partial charge in [0.25, 0.3) is 5.89 Å². The smallest absolute Gasteiger partial charge is 0.267 e. The summed E-state index contributed by atoms with van der Waals surface area (Å²) in [4.78, 5) is 16.8. The molecule has 9 heteroatoms. The molecule has 1 amide bonds. The van der Waals surface area contributed by atoms with Gasteiger partial charge in [-0.1, -0.05) is 40.5 Å². The Bertz CT molecular complexity index is 1290. The summed E-state index contributed by atoms with van der Waals surface area (Å²) < 4.78 is 16.3. The first-order chi connectivity index (χ1) is 16.9. The van der Waals surface area contributed by atoms with Gasteiger partial charge in [0.1, 0.15) is 11.5 Å². The van der Waals surface area contributed by atoms with Crippen LogP contribution in [0.15, 0.2) is 71.3 Å². The second-order valence-corrected chi connectivity index (χ2v) is 8.61. The predicted octanol–water partition coefficient (Wildman–Crippen LogP) is 6.76. The second kappa shape index (κ2) is 11.3. The Morgan fingerprint density at radius 3 is 2.49 bits per heavy atom. The Labute approximate surface area is 213 Å². The summed E-state index contributed by atoms with van der Waals surface area (Å²) >= 11 is 12.1. The van der Waals surface area contributed by atoms with Crippen LogP contribution in [-0.4, -0.2) is 23.2 Å². The molecular weight excluding hydrogens is 489 g/mol. The minimum Gasteiger partial charge on any atom is -0.497 e. The van der Waals surface area contributed by atoms with Crippen molar-refractivity contribution in [2.24, 2.45) is 0 Å². The van der Waals surface area contributed by atoms with Gasteiger partial charge in [-0.15, -0.1) is 0 Å². The second-order valence-electron chi connectivity index (χ2n) is 7.76. The van der Waals surface area contributed by atoms with Gasteiger partial charge in [0.05, 0.1) is 12.1 Å². The zero-order valence-electron chi connectivity index (χ0n) is 19.1. The lowest BCUT2D eigenvalue weighted by Crippen LogP contribution is -2.12. The van der Waals surface area contributed by atoms with Gasteiger partial charge in [-0.3, -0.25) is 4.79 Å². The van der Waals surface area contributed by atoms with E-state index in [9.17, 15) is 4.79 Å². The van der Waals surface area contributed by atoms with Crippen molar-refractivity contribution in [3.8, 4) is 22.9 Å². The van der Waals surface area contributed by atoms with E-state index >= 15 is 0 Å². The minimum atomic E-state index is -0.515. The van der Waals surface area contributed by atoms with Gasteiger partial charge in [0.15, 0.2) is 6.10 Å². The molecule has 0 fully saturated rings. The zero-order chi connectivity index (χ0) is 24.8. The van der Waals surface area contributed by atoms with E-state index in [2.05, 4.69) is 15.5 Å². The van der Waals surface area contributed by atoms with Crippen LogP contribution in [0.25, 0.3) is 11.4 Å². The lowest BCUT2D eigenvalue weighted by atomic mass is 10.1. The number of halogens is 2. The molecule has 0 saturated carbocycles. The van der Waals surface area contributed by atoms with E-state index in [1.54, 1.807) is 44.4 Å². The summed E-state index contributed by atoms with van der Waals surface area (Å²) in [7, 11) is 1.62. The molecule has 0 aliphatic carbocycles. The van der Waals surface area contributed by atoms with Gasteiger partial charge < -0.3 is 19.3 Å². The summed E-state index contributed by atoms with van der Waals surface area (Å²) in [6.07, 6.45) is 0.498. The van der Waals surface area contributed by atoms with E-state index in [1.165, 1.54) is 0 Å². The highest BCUT2D eigenvalue weighted by Gasteiger charge is 2.18. The van der Waals surface area contributed by atoms with Crippen LogP contribution in [0.5, 0.6) is 11.5 Å². The third-order valence-corrected chi connectivity index (χ3v) is 5.74. The number of benzene rings is 3. The number of hydrogen-bond acceptors (Lipinski definition) is 6. The Kier molecular flexibility index (Phi) is 7.90. The summed E-state index contributed by atoms with van der Waals surface area (Å²) in [6, 6.07) is 19.9. The molecule has 0 saturated heterocycles. The number of nitrogens with zero attached hydrogens (tertiary/aromatic N) is 2. The van der Waals surface area contributed by atoms with Crippen LogP contribution in [0.1, 0.15) is 30.9 Å². The molecular formula is C26H23Cl2N3O4. The molecule has 3 aromatic carbocycles. The first-order valence-electron chi connectivity index (χ1n) is 10.9. The summed E-state index contributed by atoms with van der Waals surface area (Å²) in [5, 5.41) is 7.85. The molecule has 0 unspecified atom stereocenters. The average molecular weight is 512 g/mol. The third-order valence-electron chi connectivity index (χ3n) is 5.21. The number of hydrogen-bond donors (Lipinski definition) is 1. The van der Waals surface area contributed by atoms with Gasteiger partial charge >= 0.3 is 0 Å². The number of anilines is 1. The first-order valence-corrected chi connectivity index (χ1v) is 11.7. The lowest BCUT2D eigenvalue weighted by Gasteiger charge is -2.12. The average Bonchev–Trinajstić information content (AvgIpc) is 3.36. The number of amides is 1. The lowest BCUT2D eigenvalue weighted by molar-refractivity contribution is -0.116. The van der Waals surface area contributed by atoms with E-state index in [1.807, 2.05) is 36.4 Å². The summed E-state index contributed by atoms with van der Waals surface area (Å²) in [5.74, 6) is 1.91. The number of rotatable bonds is 9. The standard InChI is InChI=1S/C26H23Cl2N3O4/c1-16(34-23-13-8-19(27)15-22(23)28)26-30-25(31-35-26)18-6-9-20(10-7-18)29-24(32)14-5-17-3-11-21(33-2)12-4-17/h3-4,6-13,15-16H,5,14H2,1-2H3,(H,29,32)/t16-/m0/s1. The molecule has 0 radical (unpaired) electrons. The Hall–Kier alpha value is -3.55. The number of carbonyl (C=O) groups is 1. The fourth-order valence-corrected chi connectivity index (χ4v) is 3.76. The number of aryl methyl sites for hydroxylation is 1. The minimum absolute atomic E-state index is 0.0674. The predicted molar refractivity (Wildman–Crippen MR) is 135 cm³/mol. The molecule has 4 rings (SSSR count). The molecule has 1 aromatic heterocycles. The van der Waals surface area contributed by atoms with E-state index in [0.717, 1.165) is 16.9 Å². The highest BCUT2D eigenvalue weighted by atomic mass is 35.5. The fraction of sp³-hybridized carbons (Fsp3) is 0.192. The van der Waals surface area contributed by atoms with Crippen molar-refractivity contribution in [1.82, 2.24) is 10.1 Å². The molecule has 0 spiro atoms. The van der Waals surface area contributed by atoms with Crippen LogP contribution in [0.3, 0.4) is 0 Å². The van der Waals surface area contributed by atoms with Crippen molar-refractivity contribution in [3.05, 3.63) is 88.2 Å². The van der Waals surface area contributed by atoms with Gasteiger partial charge in [-0.05, 0) is 73.5 Å². The molecule has 0 aliphatic rings. The molecule has 1 N–H and O–H groups in total. The molecule has 1 atom stereocenters. The highest BCUT2D eigenvalue weighted by Crippen LogP contribution is 2.31. The van der Waals surface area contributed by atoms with E-state index in [0.29, 0.717) is 46.0 Å². The molecule has 180 valence electrons.